The second-order valence-electron chi connectivity index (χ2n) is 9.66. The largest absolute Gasteiger partial charge is 0.352 e. The van der Waals surface area contributed by atoms with E-state index in [4.69, 9.17) is 11.6 Å². The molecule has 4 nitrogen and oxygen atoms in total. The van der Waals surface area contributed by atoms with Gasteiger partial charge in [0.2, 0.25) is 0 Å². The fourth-order valence-corrected chi connectivity index (χ4v) is 5.33. The van der Waals surface area contributed by atoms with Gasteiger partial charge >= 0.3 is 0 Å². The molecule has 0 aliphatic heterocycles. The molecule has 5 rings (SSSR count). The predicted octanol–water partition coefficient (Wildman–Crippen LogP) is 7.75. The number of amides is 2. The first kappa shape index (κ1) is 29.1. The van der Waals surface area contributed by atoms with Gasteiger partial charge in [0.25, 0.3) is 11.8 Å². The highest BCUT2D eigenvalue weighted by Crippen LogP contribution is 2.47. The maximum atomic E-state index is 12.8. The molecule has 0 heterocycles. The van der Waals surface area contributed by atoms with Crippen molar-refractivity contribution in [1.82, 2.24) is 10.6 Å². The molecule has 1 aliphatic rings. The lowest BCUT2D eigenvalue weighted by Crippen LogP contribution is -2.25. The summed E-state index contributed by atoms with van der Waals surface area (Å²) in [6.45, 7) is 5.22. The van der Waals surface area contributed by atoms with E-state index in [0.29, 0.717) is 24.2 Å². The minimum Gasteiger partial charge on any atom is -0.352 e. The Morgan fingerprint density at radius 2 is 1.02 bits per heavy atom. The lowest BCUT2D eigenvalue weighted by atomic mass is 10.0. The number of fused-ring (bicyclic) bond motifs is 3. The van der Waals surface area contributed by atoms with Crippen molar-refractivity contribution in [3.63, 3.8) is 0 Å². The van der Waals surface area contributed by atoms with Crippen LogP contribution in [0.15, 0.2) is 97.1 Å². The van der Waals surface area contributed by atoms with Gasteiger partial charge in [0.05, 0.1) is 5.38 Å². The van der Waals surface area contributed by atoms with Gasteiger partial charge in [0, 0.05) is 24.2 Å². The summed E-state index contributed by atoms with van der Waals surface area (Å²) in [5.41, 5.74) is 7.55. The summed E-state index contributed by atoms with van der Waals surface area (Å²) in [7, 11) is 0. The van der Waals surface area contributed by atoms with Crippen molar-refractivity contribution in [2.24, 2.45) is 0 Å². The second kappa shape index (κ2) is 14.5. The summed E-state index contributed by atoms with van der Waals surface area (Å²) < 4.78 is 0. The molecule has 0 fully saturated rings. The first-order chi connectivity index (χ1) is 19.6. The van der Waals surface area contributed by atoms with Crippen molar-refractivity contribution in [2.45, 2.75) is 44.9 Å². The molecule has 1 aliphatic carbocycles. The smallest absolute Gasteiger partial charge is 0.251 e. The van der Waals surface area contributed by atoms with Crippen LogP contribution in [0, 0.1) is 0 Å². The summed E-state index contributed by atoms with van der Waals surface area (Å²) in [6.07, 6.45) is 3.60. The summed E-state index contributed by atoms with van der Waals surface area (Å²) in [5, 5.41) is 5.63. The molecule has 4 aromatic rings. The Bertz CT molecular complexity index is 1310. The summed E-state index contributed by atoms with van der Waals surface area (Å²) in [6, 6.07) is 31.9. The topological polar surface area (TPSA) is 58.2 Å². The van der Waals surface area contributed by atoms with Gasteiger partial charge in [0.1, 0.15) is 0 Å². The zero-order valence-corrected chi connectivity index (χ0v) is 24.0. The Morgan fingerprint density at radius 1 is 0.625 bits per heavy atom. The molecule has 0 spiro atoms. The van der Waals surface area contributed by atoms with Gasteiger partial charge in [-0.15, -0.1) is 11.6 Å². The molecule has 0 saturated carbocycles. The van der Waals surface area contributed by atoms with Crippen molar-refractivity contribution in [1.29, 1.82) is 0 Å². The molecule has 206 valence electrons. The van der Waals surface area contributed by atoms with Crippen LogP contribution in [0.25, 0.3) is 11.1 Å². The van der Waals surface area contributed by atoms with Crippen LogP contribution >= 0.6 is 11.6 Å². The Balaban J connectivity index is 0.00000181. The fraction of sp³-hybridized carbons (Fsp3) is 0.257. The Kier molecular flexibility index (Phi) is 10.5. The minimum atomic E-state index is -0.406. The standard InChI is InChI=1S/C33H31ClN2O2.C2H6/c34-31-29-21-25(32(37)35-19-7-13-23-9-3-1-4-10-23)15-17-27(29)28-18-16-26(22-30(28)31)33(38)36-20-8-14-24-11-5-2-6-12-24;1-2/h1-6,9-12,15-18,21-22,31H,7-8,13-14,19-20H2,(H,35,37)(H,36,38);1-2H3. The Hall–Kier alpha value is -3.89. The number of hydrogen-bond donors (Lipinski definition) is 2. The summed E-state index contributed by atoms with van der Waals surface area (Å²) in [4.78, 5) is 25.6. The third-order valence-corrected chi connectivity index (χ3v) is 7.48. The van der Waals surface area contributed by atoms with Crippen LogP contribution in [0.2, 0.25) is 0 Å². The molecule has 0 bridgehead atoms. The van der Waals surface area contributed by atoms with Gasteiger partial charge in [-0.3, -0.25) is 9.59 Å². The van der Waals surface area contributed by atoms with E-state index in [2.05, 4.69) is 34.9 Å². The van der Waals surface area contributed by atoms with Crippen molar-refractivity contribution >= 4 is 23.4 Å². The van der Waals surface area contributed by atoms with Crippen LogP contribution < -0.4 is 10.6 Å². The first-order valence-electron chi connectivity index (χ1n) is 14.2. The summed E-state index contributed by atoms with van der Waals surface area (Å²) in [5.74, 6) is -0.201. The molecular formula is C35H37ClN2O2. The number of nitrogens with one attached hydrogen (secondary N) is 2. The molecule has 0 aromatic heterocycles. The molecule has 0 saturated heterocycles. The van der Waals surface area contributed by atoms with Crippen LogP contribution in [0.1, 0.15) is 75.0 Å². The highest BCUT2D eigenvalue weighted by atomic mass is 35.5. The van der Waals surface area contributed by atoms with Crippen LogP contribution in [0.4, 0.5) is 0 Å². The van der Waals surface area contributed by atoms with E-state index in [1.165, 1.54) is 11.1 Å². The molecular weight excluding hydrogens is 516 g/mol. The van der Waals surface area contributed by atoms with Gasteiger partial charge in [0.15, 0.2) is 0 Å². The summed E-state index contributed by atoms with van der Waals surface area (Å²) >= 11 is 6.85. The zero-order chi connectivity index (χ0) is 28.3. The van der Waals surface area contributed by atoms with Gasteiger partial charge < -0.3 is 10.6 Å². The zero-order valence-electron chi connectivity index (χ0n) is 23.3. The second-order valence-corrected chi connectivity index (χ2v) is 10.1. The molecule has 2 amide bonds. The van der Waals surface area contributed by atoms with E-state index < -0.39 is 5.38 Å². The molecule has 4 aromatic carbocycles. The quantitative estimate of drug-likeness (QED) is 0.156. The number of aryl methyl sites for hydroxylation is 2. The van der Waals surface area contributed by atoms with Crippen LogP contribution in [0.3, 0.4) is 0 Å². The number of rotatable bonds is 10. The molecule has 0 radical (unpaired) electrons. The number of hydrogen-bond acceptors (Lipinski definition) is 2. The lowest BCUT2D eigenvalue weighted by Gasteiger charge is -2.09. The Labute approximate surface area is 242 Å². The maximum absolute atomic E-state index is 12.8. The lowest BCUT2D eigenvalue weighted by molar-refractivity contribution is 0.0945. The molecule has 5 heteroatoms. The van der Waals surface area contributed by atoms with E-state index >= 15 is 0 Å². The number of benzene rings is 4. The number of halogens is 1. The van der Waals surface area contributed by atoms with E-state index in [9.17, 15) is 9.59 Å². The molecule has 0 atom stereocenters. The van der Waals surface area contributed by atoms with Gasteiger partial charge in [-0.2, -0.15) is 0 Å². The highest BCUT2D eigenvalue weighted by Gasteiger charge is 2.29. The third kappa shape index (κ3) is 7.19. The van der Waals surface area contributed by atoms with Crippen LogP contribution in [-0.4, -0.2) is 24.9 Å². The van der Waals surface area contributed by atoms with Crippen molar-refractivity contribution in [3.05, 3.63) is 130 Å². The molecule has 2 N–H and O–H groups in total. The Morgan fingerprint density at radius 3 is 1.43 bits per heavy atom. The maximum Gasteiger partial charge on any atom is 0.251 e. The van der Waals surface area contributed by atoms with E-state index in [-0.39, 0.29) is 11.8 Å². The molecule has 0 unspecified atom stereocenters. The van der Waals surface area contributed by atoms with Gasteiger partial charge in [-0.05, 0) is 83.3 Å². The van der Waals surface area contributed by atoms with Crippen molar-refractivity contribution < 1.29 is 9.59 Å². The monoisotopic (exact) mass is 552 g/mol. The normalized spacial score (nSPS) is 11.6. The highest BCUT2D eigenvalue weighted by molar-refractivity contribution is 6.25. The van der Waals surface area contributed by atoms with E-state index in [1.807, 2.05) is 86.6 Å². The van der Waals surface area contributed by atoms with E-state index in [1.54, 1.807) is 0 Å². The fourth-order valence-electron chi connectivity index (χ4n) is 4.97. The van der Waals surface area contributed by atoms with Crippen LogP contribution in [-0.2, 0) is 12.8 Å². The number of carbonyl (C=O) groups excluding carboxylic acids is 2. The number of carbonyl (C=O) groups is 2. The van der Waals surface area contributed by atoms with Gasteiger partial charge in [-0.25, -0.2) is 0 Å². The first-order valence-corrected chi connectivity index (χ1v) is 14.6. The average molecular weight is 553 g/mol. The van der Waals surface area contributed by atoms with Crippen molar-refractivity contribution in [2.75, 3.05) is 13.1 Å². The van der Waals surface area contributed by atoms with Gasteiger partial charge in [-0.1, -0.05) is 86.6 Å². The molecule has 40 heavy (non-hydrogen) atoms. The number of alkyl halides is 1. The average Bonchev–Trinajstić information content (AvgIpc) is 3.29. The predicted molar refractivity (Wildman–Crippen MR) is 165 cm³/mol. The minimum absolute atomic E-state index is 0.101. The third-order valence-electron chi connectivity index (χ3n) is 7.01. The SMILES string of the molecule is CC.O=C(NCCCc1ccccc1)c1ccc2c(c1)C(Cl)c1cc(C(=O)NCCCc3ccccc3)ccc1-2. The van der Waals surface area contributed by atoms with E-state index in [0.717, 1.165) is 47.9 Å². The van der Waals surface area contributed by atoms with Crippen molar-refractivity contribution in [3.8, 4) is 11.1 Å². The van der Waals surface area contributed by atoms with Crippen LogP contribution in [0.5, 0.6) is 0 Å².